The van der Waals surface area contributed by atoms with Gasteiger partial charge in [0, 0.05) is 33.9 Å². The number of amides is 2. The summed E-state index contributed by atoms with van der Waals surface area (Å²) in [5.74, 6) is -0.907. The lowest BCUT2D eigenvalue weighted by Crippen LogP contribution is -2.42. The molecule has 106 valence electrons. The SMILES string of the molecule is COCCC(C)(C)CNC(=O)N(C)CCC(=O)O. The number of hydrogen-bond donors (Lipinski definition) is 2. The Kier molecular flexibility index (Phi) is 7.35. The molecular formula is C12H24N2O4. The Balaban J connectivity index is 3.97. The normalized spacial score (nSPS) is 11.1. The van der Waals surface area contributed by atoms with Gasteiger partial charge in [-0.1, -0.05) is 13.8 Å². The molecule has 0 fully saturated rings. The maximum absolute atomic E-state index is 11.7. The molecule has 0 saturated carbocycles. The minimum atomic E-state index is -0.907. The molecule has 0 spiro atoms. The molecule has 0 aromatic carbocycles. The van der Waals surface area contributed by atoms with E-state index in [0.717, 1.165) is 6.42 Å². The third-order valence-electron chi connectivity index (χ3n) is 2.71. The van der Waals surface area contributed by atoms with E-state index in [4.69, 9.17) is 9.84 Å². The van der Waals surface area contributed by atoms with Gasteiger partial charge in [-0.05, 0) is 11.8 Å². The standard InChI is InChI=1S/C12H24N2O4/c1-12(2,6-8-18-4)9-13-11(17)14(3)7-5-10(15)16/h5-9H2,1-4H3,(H,13,17)(H,15,16). The molecule has 0 aliphatic carbocycles. The maximum atomic E-state index is 11.7. The fraction of sp³-hybridized carbons (Fsp3) is 0.833. The summed E-state index contributed by atoms with van der Waals surface area (Å²) < 4.78 is 5.01. The molecule has 0 heterocycles. The van der Waals surface area contributed by atoms with E-state index in [-0.39, 0.29) is 24.4 Å². The number of rotatable bonds is 8. The first-order valence-electron chi connectivity index (χ1n) is 5.98. The minimum Gasteiger partial charge on any atom is -0.481 e. The van der Waals surface area contributed by atoms with E-state index in [9.17, 15) is 9.59 Å². The molecule has 0 saturated heterocycles. The van der Waals surface area contributed by atoms with Gasteiger partial charge in [-0.15, -0.1) is 0 Å². The van der Waals surface area contributed by atoms with Crippen LogP contribution in [0, 0.1) is 5.41 Å². The number of aliphatic carboxylic acids is 1. The highest BCUT2D eigenvalue weighted by Crippen LogP contribution is 2.18. The number of urea groups is 1. The lowest BCUT2D eigenvalue weighted by Gasteiger charge is -2.26. The van der Waals surface area contributed by atoms with Crippen LogP contribution in [0.1, 0.15) is 26.7 Å². The van der Waals surface area contributed by atoms with E-state index in [0.29, 0.717) is 13.2 Å². The molecule has 6 nitrogen and oxygen atoms in total. The average Bonchev–Trinajstić information content (AvgIpc) is 2.30. The number of carbonyl (C=O) groups excluding carboxylic acids is 1. The molecule has 0 aliphatic rings. The smallest absolute Gasteiger partial charge is 0.317 e. The van der Waals surface area contributed by atoms with Crippen molar-refractivity contribution in [1.82, 2.24) is 10.2 Å². The van der Waals surface area contributed by atoms with Crippen LogP contribution in [0.2, 0.25) is 0 Å². The van der Waals surface area contributed by atoms with Crippen molar-refractivity contribution in [2.45, 2.75) is 26.7 Å². The van der Waals surface area contributed by atoms with Crippen LogP contribution in [0.15, 0.2) is 0 Å². The summed E-state index contributed by atoms with van der Waals surface area (Å²) >= 11 is 0. The van der Waals surface area contributed by atoms with Crippen molar-refractivity contribution in [3.05, 3.63) is 0 Å². The lowest BCUT2D eigenvalue weighted by molar-refractivity contribution is -0.137. The van der Waals surface area contributed by atoms with Gasteiger partial charge < -0.3 is 20.1 Å². The third kappa shape index (κ3) is 7.89. The summed E-state index contributed by atoms with van der Waals surface area (Å²) in [5.41, 5.74) is -0.0424. The predicted octanol–water partition coefficient (Wildman–Crippen LogP) is 1.17. The monoisotopic (exact) mass is 260 g/mol. The number of carbonyl (C=O) groups is 2. The van der Waals surface area contributed by atoms with Crippen LogP contribution in [0.3, 0.4) is 0 Å². The Morgan fingerprint density at radius 3 is 2.50 bits per heavy atom. The first-order valence-corrected chi connectivity index (χ1v) is 5.98. The summed E-state index contributed by atoms with van der Waals surface area (Å²) in [6, 6.07) is -0.248. The Morgan fingerprint density at radius 2 is 2.00 bits per heavy atom. The number of carboxylic acids is 1. The van der Waals surface area contributed by atoms with E-state index in [1.807, 2.05) is 13.8 Å². The minimum absolute atomic E-state index is 0.0424. The number of nitrogens with one attached hydrogen (secondary N) is 1. The summed E-state index contributed by atoms with van der Waals surface area (Å²) in [5, 5.41) is 11.3. The van der Waals surface area contributed by atoms with Crippen molar-refractivity contribution in [3.8, 4) is 0 Å². The van der Waals surface area contributed by atoms with E-state index in [2.05, 4.69) is 5.32 Å². The summed E-state index contributed by atoms with van der Waals surface area (Å²) in [6.45, 7) is 5.48. The van der Waals surface area contributed by atoms with Crippen molar-refractivity contribution in [1.29, 1.82) is 0 Å². The predicted molar refractivity (Wildman–Crippen MR) is 68.6 cm³/mol. The van der Waals surface area contributed by atoms with Gasteiger partial charge in [-0.25, -0.2) is 4.79 Å². The molecule has 0 aromatic rings. The van der Waals surface area contributed by atoms with Crippen LogP contribution >= 0.6 is 0 Å². The quantitative estimate of drug-likeness (QED) is 0.686. The number of nitrogens with zero attached hydrogens (tertiary/aromatic N) is 1. The second-order valence-electron chi connectivity index (χ2n) is 5.13. The molecule has 2 N–H and O–H groups in total. The van der Waals surface area contributed by atoms with Crippen LogP contribution in [-0.4, -0.2) is 55.9 Å². The van der Waals surface area contributed by atoms with Crippen molar-refractivity contribution in [2.75, 3.05) is 33.9 Å². The average molecular weight is 260 g/mol. The van der Waals surface area contributed by atoms with Gasteiger partial charge in [-0.2, -0.15) is 0 Å². The summed E-state index contributed by atoms with van der Waals surface area (Å²) in [6.07, 6.45) is 0.805. The summed E-state index contributed by atoms with van der Waals surface area (Å²) in [4.78, 5) is 23.4. The van der Waals surface area contributed by atoms with E-state index >= 15 is 0 Å². The van der Waals surface area contributed by atoms with Crippen LogP contribution in [0.4, 0.5) is 4.79 Å². The largest absolute Gasteiger partial charge is 0.481 e. The first-order chi connectivity index (χ1) is 8.28. The molecule has 6 heteroatoms. The molecule has 0 radical (unpaired) electrons. The topological polar surface area (TPSA) is 78.9 Å². The van der Waals surface area contributed by atoms with Crippen molar-refractivity contribution < 1.29 is 19.4 Å². The lowest BCUT2D eigenvalue weighted by atomic mass is 9.90. The van der Waals surface area contributed by atoms with Crippen molar-refractivity contribution in [3.63, 3.8) is 0 Å². The van der Waals surface area contributed by atoms with Gasteiger partial charge in [0.15, 0.2) is 0 Å². The zero-order valence-electron chi connectivity index (χ0n) is 11.7. The molecule has 0 bridgehead atoms. The Morgan fingerprint density at radius 1 is 1.39 bits per heavy atom. The zero-order chi connectivity index (χ0) is 14.2. The Labute approximate surface area is 108 Å². The molecule has 0 rings (SSSR count). The molecule has 0 aliphatic heterocycles. The number of hydrogen-bond acceptors (Lipinski definition) is 3. The zero-order valence-corrected chi connectivity index (χ0v) is 11.7. The molecule has 0 aromatic heterocycles. The van der Waals surface area contributed by atoms with Gasteiger partial charge in [0.25, 0.3) is 0 Å². The third-order valence-corrected chi connectivity index (χ3v) is 2.71. The summed E-state index contributed by atoms with van der Waals surface area (Å²) in [7, 11) is 3.23. The van der Waals surface area contributed by atoms with Crippen LogP contribution in [0.5, 0.6) is 0 Å². The van der Waals surface area contributed by atoms with Gasteiger partial charge in [0.2, 0.25) is 0 Å². The number of ether oxygens (including phenoxy) is 1. The molecule has 0 atom stereocenters. The fourth-order valence-electron chi connectivity index (χ4n) is 1.28. The maximum Gasteiger partial charge on any atom is 0.317 e. The van der Waals surface area contributed by atoms with E-state index in [1.54, 1.807) is 14.2 Å². The highest BCUT2D eigenvalue weighted by molar-refractivity contribution is 5.75. The number of carboxylic acid groups (broad SMARTS) is 1. The Hall–Kier alpha value is -1.30. The Bertz CT molecular complexity index is 279. The van der Waals surface area contributed by atoms with Gasteiger partial charge in [0.05, 0.1) is 6.42 Å². The van der Waals surface area contributed by atoms with Crippen molar-refractivity contribution in [2.24, 2.45) is 5.41 Å². The van der Waals surface area contributed by atoms with Crippen LogP contribution in [0.25, 0.3) is 0 Å². The van der Waals surface area contributed by atoms with Crippen LogP contribution < -0.4 is 5.32 Å². The second-order valence-corrected chi connectivity index (χ2v) is 5.13. The highest BCUT2D eigenvalue weighted by Gasteiger charge is 2.19. The highest BCUT2D eigenvalue weighted by atomic mass is 16.5. The van der Waals surface area contributed by atoms with E-state index in [1.165, 1.54) is 4.90 Å². The molecule has 18 heavy (non-hydrogen) atoms. The number of methoxy groups -OCH3 is 1. The van der Waals surface area contributed by atoms with E-state index < -0.39 is 5.97 Å². The van der Waals surface area contributed by atoms with Crippen molar-refractivity contribution >= 4 is 12.0 Å². The second kappa shape index (κ2) is 7.92. The first kappa shape index (κ1) is 16.7. The molecule has 2 amide bonds. The van der Waals surface area contributed by atoms with Gasteiger partial charge >= 0.3 is 12.0 Å². The van der Waals surface area contributed by atoms with Crippen LogP contribution in [-0.2, 0) is 9.53 Å². The fourth-order valence-corrected chi connectivity index (χ4v) is 1.28. The van der Waals surface area contributed by atoms with Gasteiger partial charge in [-0.3, -0.25) is 4.79 Å². The van der Waals surface area contributed by atoms with Gasteiger partial charge in [0.1, 0.15) is 0 Å². The molecule has 0 unspecified atom stereocenters. The molecular weight excluding hydrogens is 236 g/mol.